The van der Waals surface area contributed by atoms with Crippen LogP contribution in [0.3, 0.4) is 0 Å². The van der Waals surface area contributed by atoms with E-state index in [4.69, 9.17) is 0 Å². The van der Waals surface area contributed by atoms with Crippen molar-refractivity contribution in [2.75, 3.05) is 0 Å². The number of thiazole rings is 1. The van der Waals surface area contributed by atoms with Gasteiger partial charge in [0.1, 0.15) is 12.7 Å². The van der Waals surface area contributed by atoms with Gasteiger partial charge >= 0.3 is 5.69 Å². The van der Waals surface area contributed by atoms with Crippen molar-refractivity contribution in [3.8, 4) is 0 Å². The zero-order valence-corrected chi connectivity index (χ0v) is 68.3. The van der Waals surface area contributed by atoms with Crippen LogP contribution in [0.25, 0.3) is 0 Å². The molecule has 8 aromatic heterocycles. The van der Waals surface area contributed by atoms with Crippen LogP contribution in [0.5, 0.6) is 0 Å². The summed E-state index contributed by atoms with van der Waals surface area (Å²) in [5.41, 5.74) is 1.81. The first-order valence-electron chi connectivity index (χ1n) is 34.1. The van der Waals surface area contributed by atoms with E-state index in [1.165, 1.54) is 9.13 Å². The third-order valence-electron chi connectivity index (χ3n) is 6.45. The molecule has 8 heterocycles. The number of aromatic nitrogens is 15. The van der Waals surface area contributed by atoms with Gasteiger partial charge in [0.05, 0.1) is 11.8 Å². The van der Waals surface area contributed by atoms with Crippen molar-refractivity contribution in [1.29, 1.82) is 0 Å². The summed E-state index contributed by atoms with van der Waals surface area (Å²) in [4.78, 5) is 25.9. The van der Waals surface area contributed by atoms with Crippen LogP contribution < -0.4 is 5.69 Å². The van der Waals surface area contributed by atoms with E-state index < -0.39 is 0 Å². The van der Waals surface area contributed by atoms with Crippen molar-refractivity contribution in [3.05, 3.63) is 157 Å². The van der Waals surface area contributed by atoms with Crippen LogP contribution in [-0.4, -0.2) is 72.8 Å². The van der Waals surface area contributed by atoms with E-state index in [1.807, 2.05) is 202 Å². The summed E-state index contributed by atoms with van der Waals surface area (Å²) in [5.74, 6) is 4.17. The minimum Gasteiger partial charge on any atom is -0.335 e. The molecule has 0 spiro atoms. The Morgan fingerprint density at radius 1 is 0.319 bits per heavy atom. The average Bonchev–Trinajstić information content (AvgIpc) is 4.51. The Morgan fingerprint density at radius 2 is 0.670 bits per heavy atom. The molecule has 8 aromatic rings. The van der Waals surface area contributed by atoms with Crippen LogP contribution in [0, 0.1) is 29.6 Å². The van der Waals surface area contributed by atoms with Crippen molar-refractivity contribution in [2.45, 2.75) is 274 Å². The lowest BCUT2D eigenvalue weighted by Crippen LogP contribution is -2.18. The molecule has 17 heteroatoms. The summed E-state index contributed by atoms with van der Waals surface area (Å²) in [6.07, 6.45) is 28.6. The second-order valence-electron chi connectivity index (χ2n) is 20.7. The molecule has 0 atom stereocenters. The molecule has 0 saturated carbocycles. The maximum atomic E-state index is 10.7. The van der Waals surface area contributed by atoms with Crippen molar-refractivity contribution in [1.82, 2.24) is 72.8 Å². The Bertz CT molecular complexity index is 1950. The Balaban J connectivity index is -0.0000000651. The first-order chi connectivity index (χ1) is 43.1. The SMILES string of the molecule is CC.CC.CC.CC.CC.CC.CC.CC.CC(C)C.CC(C)C.CC(C)C.CC(C)C.CC(C)C.CC(C)n1cccn1.CC(C)n1ccnc1.CC(C)n1cncn1.Cn1cccn1.Cn1cccn1.Cn1ccn(C)c1=O.c1ccncc1.c1cscn1. The molecule has 0 radical (unpaired) electrons. The second-order valence-corrected chi connectivity index (χ2v) is 21.4. The quantitative estimate of drug-likeness (QED) is 0.168. The number of imidazole rings is 2. The maximum absolute atomic E-state index is 10.7. The molecule has 0 amide bonds. The largest absolute Gasteiger partial charge is 0.335 e. The normalized spacial score (nSPS) is 8.23. The van der Waals surface area contributed by atoms with Gasteiger partial charge in [0, 0.05) is 132 Å². The van der Waals surface area contributed by atoms with Crippen LogP contribution in [0.4, 0.5) is 0 Å². The zero-order chi connectivity index (χ0) is 74.6. The molecule has 91 heavy (non-hydrogen) atoms. The van der Waals surface area contributed by atoms with Gasteiger partial charge in [0.25, 0.3) is 0 Å². The molecule has 538 valence electrons. The number of nitrogens with zero attached hydrogens (tertiary/aromatic N) is 15. The third kappa shape index (κ3) is 134. The van der Waals surface area contributed by atoms with E-state index in [2.05, 4.69) is 190 Å². The van der Waals surface area contributed by atoms with Gasteiger partial charge in [0.2, 0.25) is 0 Å². The Hall–Kier alpha value is -6.23. The highest BCUT2D eigenvalue weighted by molar-refractivity contribution is 7.07. The lowest BCUT2D eigenvalue weighted by atomic mass is 10.3. The molecule has 16 nitrogen and oxygen atoms in total. The van der Waals surface area contributed by atoms with Gasteiger partial charge in [-0.25, -0.2) is 14.8 Å². The standard InChI is InChI=1S/2C6H10N2.C5H9N3.C5H8N2O.C5H5N.2C4H6N2.5C4H10.C3H3NS.8C2H6/c1-6(2)8-4-3-7-5-8;1-6(2)8-5-3-4-7-8;1-5(2)8-4-6-3-7-8;1-6-3-4-7(2)5(6)8;1-2-4-6-5-3-1;2*1-6-4-2-3-5-6;5*1-4(2)3;1-2-5-3-4-1;8*1-2/h2*3-6H,1-2H3;3-5H,1-2H3;3-4H,1-2H3;1-5H;2*2-4H,1H3;5*4H,1-3H3;1-3H;8*1-2H3. The van der Waals surface area contributed by atoms with Crippen LogP contribution >= 0.6 is 11.3 Å². The van der Waals surface area contributed by atoms with Gasteiger partial charge in [-0.3, -0.25) is 28.7 Å². The summed E-state index contributed by atoms with van der Waals surface area (Å²) in [7, 11) is 7.23. The van der Waals surface area contributed by atoms with E-state index in [-0.39, 0.29) is 5.69 Å². The predicted molar refractivity (Wildman–Crippen MR) is 412 cm³/mol. The second kappa shape index (κ2) is 103. The van der Waals surface area contributed by atoms with Gasteiger partial charge in [-0.15, -0.1) is 11.3 Å². The zero-order valence-electron chi connectivity index (χ0n) is 67.5. The minimum atomic E-state index is 0.0185. The number of hydrogen-bond acceptors (Lipinski definition) is 10. The summed E-state index contributed by atoms with van der Waals surface area (Å²) < 4.78 is 12.3. The summed E-state index contributed by atoms with van der Waals surface area (Å²) in [5, 5.41) is 17.6. The van der Waals surface area contributed by atoms with Crippen molar-refractivity contribution in [3.63, 3.8) is 0 Å². The van der Waals surface area contributed by atoms with Crippen LogP contribution in [0.2, 0.25) is 0 Å². The molecular formula is C74H155N15OS. The average molecular weight is 1300 g/mol. The molecule has 0 aliphatic heterocycles. The van der Waals surface area contributed by atoms with Crippen molar-refractivity contribution < 1.29 is 0 Å². The summed E-state index contributed by atoms with van der Waals surface area (Å²) >= 11 is 1.60. The van der Waals surface area contributed by atoms with E-state index in [1.54, 1.807) is 113 Å². The lowest BCUT2D eigenvalue weighted by molar-refractivity contribution is 0.531. The summed E-state index contributed by atoms with van der Waals surface area (Å²) in [6.45, 7) is 77.1. The van der Waals surface area contributed by atoms with Gasteiger partial charge in [-0.05, 0) is 101 Å². The lowest BCUT2D eigenvalue weighted by Gasteiger charge is -2.02. The Labute approximate surface area is 570 Å². The van der Waals surface area contributed by atoms with E-state index in [0.717, 1.165) is 29.6 Å². The van der Waals surface area contributed by atoms with Crippen LogP contribution in [0.15, 0.2) is 152 Å². The smallest absolute Gasteiger partial charge is 0.327 e. The predicted octanol–water partition coefficient (Wildman–Crippen LogP) is 23.1. The highest BCUT2D eigenvalue weighted by Gasteiger charge is 1.94. The minimum absolute atomic E-state index is 0.0185. The van der Waals surface area contributed by atoms with Crippen molar-refractivity contribution >= 4 is 11.3 Å². The summed E-state index contributed by atoms with van der Waals surface area (Å²) in [6, 6.07) is 12.9. The Morgan fingerprint density at radius 3 is 0.780 bits per heavy atom. The van der Waals surface area contributed by atoms with E-state index >= 15 is 0 Å². The molecular weight excluding hydrogens is 1150 g/mol. The first-order valence-corrected chi connectivity index (χ1v) is 35.1. The van der Waals surface area contributed by atoms with Crippen LogP contribution in [0.1, 0.15) is 274 Å². The molecule has 0 N–H and O–H groups in total. The fourth-order valence-corrected chi connectivity index (χ4v) is 3.75. The maximum Gasteiger partial charge on any atom is 0.327 e. The molecule has 8 rings (SSSR count). The number of hydrogen-bond donors (Lipinski definition) is 0. The fraction of sp³-hybridized carbons (Fsp3) is 0.662. The number of rotatable bonds is 3. The fourth-order valence-electron chi connectivity index (χ4n) is 3.40. The molecule has 0 unspecified atom stereocenters. The van der Waals surface area contributed by atoms with Gasteiger partial charge < -0.3 is 13.7 Å². The molecule has 0 aliphatic carbocycles. The highest BCUT2D eigenvalue weighted by Crippen LogP contribution is 2.00. The molecule has 0 saturated heterocycles. The topological polar surface area (TPSA) is 155 Å². The molecule has 0 aromatic carbocycles. The van der Waals surface area contributed by atoms with E-state index in [0.29, 0.717) is 18.1 Å². The first kappa shape index (κ1) is 115. The number of aryl methyl sites for hydroxylation is 4. The van der Waals surface area contributed by atoms with E-state index in [9.17, 15) is 4.79 Å². The monoisotopic (exact) mass is 1300 g/mol. The number of pyridine rings is 1. The molecule has 0 bridgehead atoms. The van der Waals surface area contributed by atoms with Crippen LogP contribution in [-0.2, 0) is 28.2 Å². The molecule has 0 aliphatic rings. The Kier molecular flexibility index (Phi) is 130. The van der Waals surface area contributed by atoms with Gasteiger partial charge in [-0.2, -0.15) is 20.4 Å². The highest BCUT2D eigenvalue weighted by atomic mass is 32.1. The van der Waals surface area contributed by atoms with Gasteiger partial charge in [-0.1, -0.05) is 221 Å². The molecule has 0 fully saturated rings. The van der Waals surface area contributed by atoms with Gasteiger partial charge in [0.15, 0.2) is 0 Å². The third-order valence-corrected chi connectivity index (χ3v) is 6.97. The van der Waals surface area contributed by atoms with Crippen molar-refractivity contribution in [2.24, 2.45) is 57.8 Å².